The molecule has 0 atom stereocenters. The number of carbonyl (C=O) groups is 1. The van der Waals surface area contributed by atoms with E-state index in [-0.39, 0.29) is 10.9 Å². The smallest absolute Gasteiger partial charge is 0.414 e. The molecule has 1 amide bonds. The van der Waals surface area contributed by atoms with E-state index < -0.39 is 11.0 Å². The highest BCUT2D eigenvalue weighted by molar-refractivity contribution is 9.10. The number of non-ortho nitro benzene ring substituents is 1. The van der Waals surface area contributed by atoms with E-state index in [2.05, 4.69) is 26.2 Å². The first-order chi connectivity index (χ1) is 12.0. The lowest BCUT2D eigenvalue weighted by Crippen LogP contribution is -2.21. The quantitative estimate of drug-likeness (QED) is 0.489. The van der Waals surface area contributed by atoms with E-state index in [0.717, 1.165) is 4.70 Å². The number of nitro groups is 1. The number of nitrogens with one attached hydrogen (secondary N) is 1. The number of nitrogens with zero attached hydrogens (tertiary/aromatic N) is 2. The van der Waals surface area contributed by atoms with Gasteiger partial charge in [-0.2, -0.15) is 0 Å². The minimum atomic E-state index is -0.600. The predicted molar refractivity (Wildman–Crippen MR) is 95.6 cm³/mol. The van der Waals surface area contributed by atoms with Crippen molar-refractivity contribution in [1.82, 2.24) is 10.3 Å². The number of ether oxygens (including phenoxy) is 2. The molecule has 0 saturated carbocycles. The summed E-state index contributed by atoms with van der Waals surface area (Å²) in [6.45, 7) is 0. The molecule has 25 heavy (non-hydrogen) atoms. The summed E-state index contributed by atoms with van der Waals surface area (Å²) in [6, 6.07) is 9.23. The van der Waals surface area contributed by atoms with Gasteiger partial charge in [0.2, 0.25) is 0 Å². The maximum atomic E-state index is 11.3. The number of thiazole rings is 1. The maximum absolute atomic E-state index is 11.3. The monoisotopic (exact) mass is 423 g/mol. The van der Waals surface area contributed by atoms with Crippen LogP contribution in [0.1, 0.15) is 0 Å². The Labute approximate surface area is 153 Å². The highest BCUT2D eigenvalue weighted by atomic mass is 79.9. The molecule has 0 bridgehead atoms. The molecule has 0 unspecified atom stereocenters. The van der Waals surface area contributed by atoms with Crippen LogP contribution in [0.15, 0.2) is 40.9 Å². The molecule has 3 rings (SSSR count). The van der Waals surface area contributed by atoms with E-state index in [4.69, 9.17) is 9.47 Å². The highest BCUT2D eigenvalue weighted by Crippen LogP contribution is 2.37. The molecule has 0 spiro atoms. The van der Waals surface area contributed by atoms with Gasteiger partial charge < -0.3 is 14.8 Å². The molecule has 1 N–H and O–H groups in total. The molecule has 1 heterocycles. The SMILES string of the molecule is CNC(=O)Oc1nc2c(Br)cc(Oc3ccc([N+](=O)[O-])cc3)cc2s1. The summed E-state index contributed by atoms with van der Waals surface area (Å²) in [5, 5.41) is 13.2. The molecule has 2 aromatic carbocycles. The number of rotatable bonds is 4. The summed E-state index contributed by atoms with van der Waals surface area (Å²) in [5.41, 5.74) is 0.627. The summed E-state index contributed by atoms with van der Waals surface area (Å²) in [7, 11) is 1.46. The molecule has 8 nitrogen and oxygen atoms in total. The van der Waals surface area contributed by atoms with Crippen LogP contribution in [-0.4, -0.2) is 23.0 Å². The van der Waals surface area contributed by atoms with Gasteiger partial charge >= 0.3 is 6.09 Å². The Morgan fingerprint density at radius 1 is 1.28 bits per heavy atom. The molecule has 0 aliphatic carbocycles. The lowest BCUT2D eigenvalue weighted by Gasteiger charge is -2.06. The van der Waals surface area contributed by atoms with Crippen molar-refractivity contribution in [2.45, 2.75) is 0 Å². The van der Waals surface area contributed by atoms with Gasteiger partial charge in [-0.15, -0.1) is 0 Å². The number of nitro benzene ring substituents is 1. The normalized spacial score (nSPS) is 10.5. The largest absolute Gasteiger partial charge is 0.457 e. The van der Waals surface area contributed by atoms with Gasteiger partial charge in [0.15, 0.2) is 0 Å². The van der Waals surface area contributed by atoms with Crippen molar-refractivity contribution in [1.29, 1.82) is 0 Å². The standard InChI is InChI=1S/C15H10BrN3O5S/c1-17-14(20)24-15-18-13-11(16)6-10(7-12(13)25-15)23-9-4-2-8(3-5-9)19(21)22/h2-7H,1H3,(H,17,20). The van der Waals surface area contributed by atoms with Crippen LogP contribution >= 0.6 is 27.3 Å². The molecule has 128 valence electrons. The summed E-state index contributed by atoms with van der Waals surface area (Å²) in [5.74, 6) is 0.978. The fourth-order valence-corrected chi connectivity index (χ4v) is 3.48. The first-order valence-electron chi connectivity index (χ1n) is 6.88. The molecule has 0 saturated heterocycles. The third-order valence-electron chi connectivity index (χ3n) is 3.07. The zero-order valence-electron chi connectivity index (χ0n) is 12.7. The number of fused-ring (bicyclic) bond motifs is 1. The number of amides is 1. The Balaban J connectivity index is 1.86. The average molecular weight is 424 g/mol. The van der Waals surface area contributed by atoms with E-state index in [1.165, 1.54) is 42.6 Å². The number of aromatic nitrogens is 1. The molecule has 1 aromatic heterocycles. The Hall–Kier alpha value is -2.72. The Morgan fingerprint density at radius 2 is 2.00 bits per heavy atom. The van der Waals surface area contributed by atoms with Crippen LogP contribution in [0, 0.1) is 10.1 Å². The molecule has 3 aromatic rings. The van der Waals surface area contributed by atoms with Gasteiger partial charge in [0.25, 0.3) is 10.9 Å². The molecule has 0 radical (unpaired) electrons. The second-order valence-electron chi connectivity index (χ2n) is 4.72. The minimum absolute atomic E-state index is 0.0116. The van der Waals surface area contributed by atoms with Crippen molar-refractivity contribution in [2.75, 3.05) is 7.05 Å². The molecular formula is C15H10BrN3O5S. The van der Waals surface area contributed by atoms with Crippen LogP contribution in [0.4, 0.5) is 10.5 Å². The van der Waals surface area contributed by atoms with Crippen molar-refractivity contribution < 1.29 is 19.2 Å². The number of benzene rings is 2. The second-order valence-corrected chi connectivity index (χ2v) is 6.57. The van der Waals surface area contributed by atoms with Crippen LogP contribution in [0.5, 0.6) is 16.7 Å². The molecule has 0 fully saturated rings. The van der Waals surface area contributed by atoms with Crippen LogP contribution in [0.25, 0.3) is 10.2 Å². The summed E-state index contributed by atoms with van der Waals surface area (Å²) in [4.78, 5) is 25.7. The Morgan fingerprint density at radius 3 is 2.64 bits per heavy atom. The van der Waals surface area contributed by atoms with Gasteiger partial charge in [0, 0.05) is 29.7 Å². The van der Waals surface area contributed by atoms with Gasteiger partial charge in [-0.25, -0.2) is 9.78 Å². The Bertz CT molecular complexity index is 958. The number of hydrogen-bond acceptors (Lipinski definition) is 7. The van der Waals surface area contributed by atoms with E-state index in [1.807, 2.05) is 0 Å². The zero-order chi connectivity index (χ0) is 18.0. The van der Waals surface area contributed by atoms with Crippen molar-refractivity contribution in [3.63, 3.8) is 0 Å². The topological polar surface area (TPSA) is 104 Å². The third-order valence-corrected chi connectivity index (χ3v) is 4.55. The van der Waals surface area contributed by atoms with Gasteiger partial charge in [-0.05, 0) is 34.1 Å². The van der Waals surface area contributed by atoms with Crippen LogP contribution in [0.2, 0.25) is 0 Å². The van der Waals surface area contributed by atoms with Crippen LogP contribution < -0.4 is 14.8 Å². The first kappa shape index (κ1) is 17.1. The van der Waals surface area contributed by atoms with E-state index in [1.54, 1.807) is 12.1 Å². The summed E-state index contributed by atoms with van der Waals surface area (Å²) < 4.78 is 12.2. The minimum Gasteiger partial charge on any atom is -0.457 e. The number of hydrogen-bond donors (Lipinski definition) is 1. The maximum Gasteiger partial charge on any atom is 0.414 e. The molecule has 10 heteroatoms. The number of halogens is 1. The van der Waals surface area contributed by atoms with E-state index in [0.29, 0.717) is 21.5 Å². The van der Waals surface area contributed by atoms with Crippen molar-refractivity contribution in [3.8, 4) is 16.7 Å². The third kappa shape index (κ3) is 3.86. The lowest BCUT2D eigenvalue weighted by atomic mass is 10.3. The van der Waals surface area contributed by atoms with Crippen LogP contribution in [-0.2, 0) is 0 Å². The second kappa shape index (κ2) is 7.03. The lowest BCUT2D eigenvalue weighted by molar-refractivity contribution is -0.384. The average Bonchev–Trinajstić information content (AvgIpc) is 2.98. The van der Waals surface area contributed by atoms with Gasteiger partial charge in [-0.3, -0.25) is 10.1 Å². The van der Waals surface area contributed by atoms with Crippen LogP contribution in [0.3, 0.4) is 0 Å². The zero-order valence-corrected chi connectivity index (χ0v) is 15.1. The van der Waals surface area contributed by atoms with E-state index in [9.17, 15) is 14.9 Å². The fourth-order valence-electron chi connectivity index (χ4n) is 1.95. The van der Waals surface area contributed by atoms with Crippen molar-refractivity contribution in [3.05, 3.63) is 51.0 Å². The molecular weight excluding hydrogens is 414 g/mol. The van der Waals surface area contributed by atoms with Crippen molar-refractivity contribution in [2.24, 2.45) is 0 Å². The van der Waals surface area contributed by atoms with Gasteiger partial charge in [0.1, 0.15) is 11.5 Å². The highest BCUT2D eigenvalue weighted by Gasteiger charge is 2.13. The van der Waals surface area contributed by atoms with Gasteiger partial charge in [-0.1, -0.05) is 11.3 Å². The fraction of sp³-hybridized carbons (Fsp3) is 0.0667. The number of carbonyl (C=O) groups excluding carboxylic acids is 1. The summed E-state index contributed by atoms with van der Waals surface area (Å²) in [6.07, 6.45) is -0.600. The van der Waals surface area contributed by atoms with Crippen molar-refractivity contribution >= 4 is 49.3 Å². The predicted octanol–water partition coefficient (Wildman–Crippen LogP) is 4.48. The van der Waals surface area contributed by atoms with Gasteiger partial charge in [0.05, 0.1) is 15.1 Å². The van der Waals surface area contributed by atoms with E-state index >= 15 is 0 Å². The molecule has 0 aliphatic rings. The summed E-state index contributed by atoms with van der Waals surface area (Å²) >= 11 is 4.60. The Kier molecular flexibility index (Phi) is 4.81. The molecule has 0 aliphatic heterocycles. The first-order valence-corrected chi connectivity index (χ1v) is 8.49.